The number of ether oxygens (including phenoxy) is 1. The van der Waals surface area contributed by atoms with Gasteiger partial charge in [0, 0.05) is 29.0 Å². The Morgan fingerprint density at radius 2 is 2.00 bits per heavy atom. The molecule has 3 nitrogen and oxygen atoms in total. The standard InChI is InChI=1S/C25H35FN2OS/c1-29-20-12-13-25-23(17-20)22(24(26)18-27-25)11-6-8-19-7-4-5-14-28(19)15-16-30-21-9-2-3-10-21/h12-13,17-19,21H,2-11,14-16H2,1H3. The normalized spacial score (nSPS) is 20.8. The van der Waals surface area contributed by atoms with E-state index in [1.165, 1.54) is 70.0 Å². The fourth-order valence-electron chi connectivity index (χ4n) is 5.17. The van der Waals surface area contributed by atoms with Gasteiger partial charge >= 0.3 is 0 Å². The van der Waals surface area contributed by atoms with E-state index in [4.69, 9.17) is 4.74 Å². The van der Waals surface area contributed by atoms with Gasteiger partial charge in [0.25, 0.3) is 0 Å². The smallest absolute Gasteiger partial charge is 0.145 e. The summed E-state index contributed by atoms with van der Waals surface area (Å²) in [4.78, 5) is 6.97. The Kier molecular flexibility index (Phi) is 7.89. The number of nitrogens with zero attached hydrogens (tertiary/aromatic N) is 2. The summed E-state index contributed by atoms with van der Waals surface area (Å²) in [6.07, 6.45) is 14.0. The van der Waals surface area contributed by atoms with E-state index >= 15 is 0 Å². The molecule has 2 aromatic rings. The second kappa shape index (κ2) is 10.8. The van der Waals surface area contributed by atoms with Crippen LogP contribution in [0.1, 0.15) is 63.4 Å². The largest absolute Gasteiger partial charge is 0.497 e. The van der Waals surface area contributed by atoms with Crippen LogP contribution in [0.15, 0.2) is 24.4 Å². The first kappa shape index (κ1) is 21.9. The summed E-state index contributed by atoms with van der Waals surface area (Å²) in [6.45, 7) is 2.45. The van der Waals surface area contributed by atoms with Crippen molar-refractivity contribution in [3.8, 4) is 5.75 Å². The number of hydrogen-bond donors (Lipinski definition) is 0. The molecule has 4 rings (SSSR count). The van der Waals surface area contributed by atoms with E-state index in [0.717, 1.165) is 46.7 Å². The molecule has 1 aromatic carbocycles. The number of aryl methyl sites for hydroxylation is 1. The maximum atomic E-state index is 14.6. The summed E-state index contributed by atoms with van der Waals surface area (Å²) in [6, 6.07) is 6.39. The third-order valence-electron chi connectivity index (χ3n) is 6.88. The van der Waals surface area contributed by atoms with Crippen LogP contribution in [0.4, 0.5) is 4.39 Å². The van der Waals surface area contributed by atoms with Crippen molar-refractivity contribution in [1.82, 2.24) is 9.88 Å². The van der Waals surface area contributed by atoms with Gasteiger partial charge in [0.2, 0.25) is 0 Å². The Morgan fingerprint density at radius 1 is 1.17 bits per heavy atom. The van der Waals surface area contributed by atoms with Crippen molar-refractivity contribution >= 4 is 22.7 Å². The third-order valence-corrected chi connectivity index (χ3v) is 8.24. The van der Waals surface area contributed by atoms with E-state index < -0.39 is 0 Å². The first-order chi connectivity index (χ1) is 14.7. The van der Waals surface area contributed by atoms with Gasteiger partial charge in [-0.2, -0.15) is 11.8 Å². The van der Waals surface area contributed by atoms with Crippen LogP contribution in [-0.2, 0) is 6.42 Å². The van der Waals surface area contributed by atoms with Gasteiger partial charge in [-0.15, -0.1) is 0 Å². The predicted molar refractivity (Wildman–Crippen MR) is 125 cm³/mol. The van der Waals surface area contributed by atoms with Crippen LogP contribution in [0.2, 0.25) is 0 Å². The molecule has 0 radical (unpaired) electrons. The van der Waals surface area contributed by atoms with E-state index in [2.05, 4.69) is 21.6 Å². The fraction of sp³-hybridized carbons (Fsp3) is 0.640. The first-order valence-electron chi connectivity index (χ1n) is 11.7. The molecule has 2 aliphatic rings. The molecule has 1 saturated carbocycles. The van der Waals surface area contributed by atoms with Crippen molar-refractivity contribution in [2.45, 2.75) is 75.5 Å². The second-order valence-electron chi connectivity index (χ2n) is 8.82. The molecule has 30 heavy (non-hydrogen) atoms. The van der Waals surface area contributed by atoms with Gasteiger partial charge < -0.3 is 4.74 Å². The summed E-state index contributed by atoms with van der Waals surface area (Å²) in [5.74, 6) is 1.84. The molecule has 2 heterocycles. The van der Waals surface area contributed by atoms with Crippen LogP contribution < -0.4 is 4.74 Å². The molecule has 0 spiro atoms. The van der Waals surface area contributed by atoms with Crippen LogP contribution >= 0.6 is 11.8 Å². The van der Waals surface area contributed by atoms with Crippen molar-refractivity contribution in [2.24, 2.45) is 0 Å². The van der Waals surface area contributed by atoms with Crippen molar-refractivity contribution in [3.63, 3.8) is 0 Å². The number of rotatable bonds is 9. The molecule has 0 bridgehead atoms. The van der Waals surface area contributed by atoms with Crippen molar-refractivity contribution < 1.29 is 9.13 Å². The molecule has 5 heteroatoms. The number of methoxy groups -OCH3 is 1. The SMILES string of the molecule is COc1ccc2ncc(F)c(CCCC3CCCCN3CCSC3CCCC3)c2c1. The van der Waals surface area contributed by atoms with Gasteiger partial charge in [-0.05, 0) is 75.3 Å². The molecule has 1 aliphatic carbocycles. The average molecular weight is 431 g/mol. The molecule has 1 unspecified atom stereocenters. The van der Waals surface area contributed by atoms with Crippen LogP contribution in [0.5, 0.6) is 5.75 Å². The maximum Gasteiger partial charge on any atom is 0.145 e. The quantitative estimate of drug-likeness (QED) is 0.470. The van der Waals surface area contributed by atoms with E-state index in [1.807, 2.05) is 18.2 Å². The Bertz CT molecular complexity index is 824. The van der Waals surface area contributed by atoms with E-state index in [-0.39, 0.29) is 5.82 Å². The highest BCUT2D eigenvalue weighted by atomic mass is 32.2. The lowest BCUT2D eigenvalue weighted by Gasteiger charge is -2.36. The molecule has 2 fully saturated rings. The van der Waals surface area contributed by atoms with Crippen molar-refractivity contribution in [1.29, 1.82) is 0 Å². The number of thioether (sulfide) groups is 1. The number of piperidine rings is 1. The molecule has 1 aromatic heterocycles. The molecular formula is C25H35FN2OS. The maximum absolute atomic E-state index is 14.6. The van der Waals surface area contributed by atoms with Gasteiger partial charge in [0.05, 0.1) is 18.8 Å². The van der Waals surface area contributed by atoms with Crippen LogP contribution in [0.25, 0.3) is 10.9 Å². The highest BCUT2D eigenvalue weighted by Crippen LogP contribution is 2.31. The lowest BCUT2D eigenvalue weighted by molar-refractivity contribution is 0.147. The minimum atomic E-state index is -0.191. The Labute approximate surface area is 184 Å². The van der Waals surface area contributed by atoms with Gasteiger partial charge in [0.15, 0.2) is 0 Å². The molecule has 1 saturated heterocycles. The average Bonchev–Trinajstić information content (AvgIpc) is 3.29. The zero-order valence-electron chi connectivity index (χ0n) is 18.2. The Morgan fingerprint density at radius 3 is 2.83 bits per heavy atom. The van der Waals surface area contributed by atoms with E-state index in [9.17, 15) is 4.39 Å². The first-order valence-corrected chi connectivity index (χ1v) is 12.8. The lowest BCUT2D eigenvalue weighted by atomic mass is 9.95. The predicted octanol–water partition coefficient (Wildman–Crippen LogP) is 6.24. The summed E-state index contributed by atoms with van der Waals surface area (Å²) in [7, 11) is 1.65. The topological polar surface area (TPSA) is 25.4 Å². The number of pyridine rings is 1. The molecule has 0 amide bonds. The summed E-state index contributed by atoms with van der Waals surface area (Å²) >= 11 is 2.20. The zero-order valence-corrected chi connectivity index (χ0v) is 19.1. The van der Waals surface area contributed by atoms with Gasteiger partial charge in [-0.25, -0.2) is 4.39 Å². The minimum absolute atomic E-state index is 0.191. The van der Waals surface area contributed by atoms with Crippen molar-refractivity contribution in [2.75, 3.05) is 26.0 Å². The number of likely N-dealkylation sites (tertiary alicyclic amines) is 1. The third kappa shape index (κ3) is 5.47. The zero-order chi connectivity index (χ0) is 20.8. The number of benzene rings is 1. The van der Waals surface area contributed by atoms with Gasteiger partial charge in [-0.3, -0.25) is 9.88 Å². The molecule has 1 atom stereocenters. The van der Waals surface area contributed by atoms with Crippen molar-refractivity contribution in [3.05, 3.63) is 35.8 Å². The second-order valence-corrected chi connectivity index (χ2v) is 10.2. The number of halogens is 1. The molecule has 0 N–H and O–H groups in total. The summed E-state index contributed by atoms with van der Waals surface area (Å²) in [5, 5.41) is 1.80. The molecular weight excluding hydrogens is 395 g/mol. The monoisotopic (exact) mass is 430 g/mol. The van der Waals surface area contributed by atoms with Crippen LogP contribution in [0.3, 0.4) is 0 Å². The molecule has 164 valence electrons. The number of fused-ring (bicyclic) bond motifs is 1. The molecule has 1 aliphatic heterocycles. The van der Waals surface area contributed by atoms with Gasteiger partial charge in [-0.1, -0.05) is 19.3 Å². The minimum Gasteiger partial charge on any atom is -0.497 e. The Hall–Kier alpha value is -1.33. The highest BCUT2D eigenvalue weighted by molar-refractivity contribution is 7.99. The summed E-state index contributed by atoms with van der Waals surface area (Å²) < 4.78 is 19.9. The van der Waals surface area contributed by atoms with E-state index in [1.54, 1.807) is 7.11 Å². The van der Waals surface area contributed by atoms with E-state index in [0.29, 0.717) is 6.04 Å². The fourth-order valence-corrected chi connectivity index (χ4v) is 6.51. The van der Waals surface area contributed by atoms with Gasteiger partial charge in [0.1, 0.15) is 11.6 Å². The number of hydrogen-bond acceptors (Lipinski definition) is 4. The Balaban J connectivity index is 1.33. The lowest BCUT2D eigenvalue weighted by Crippen LogP contribution is -2.41. The highest BCUT2D eigenvalue weighted by Gasteiger charge is 2.23. The van der Waals surface area contributed by atoms with Crippen LogP contribution in [0, 0.1) is 5.82 Å². The number of aromatic nitrogens is 1. The van der Waals surface area contributed by atoms with Crippen LogP contribution in [-0.4, -0.2) is 47.1 Å². The summed E-state index contributed by atoms with van der Waals surface area (Å²) in [5.41, 5.74) is 1.63.